The molecule has 2 aromatic rings. The van der Waals surface area contributed by atoms with Gasteiger partial charge in [0, 0.05) is 19.3 Å². The van der Waals surface area contributed by atoms with Crippen LogP contribution in [0.4, 0.5) is 5.69 Å². The van der Waals surface area contributed by atoms with Gasteiger partial charge in [0.2, 0.25) is 0 Å². The molecule has 5 nitrogen and oxygen atoms in total. The highest BCUT2D eigenvalue weighted by molar-refractivity contribution is 7.21. The number of anilines is 1. The minimum Gasteiger partial charge on any atom is -0.396 e. The van der Waals surface area contributed by atoms with Gasteiger partial charge < -0.3 is 10.6 Å². The van der Waals surface area contributed by atoms with Crippen molar-refractivity contribution in [2.24, 2.45) is 0 Å². The summed E-state index contributed by atoms with van der Waals surface area (Å²) in [6, 6.07) is 5.76. The van der Waals surface area contributed by atoms with Gasteiger partial charge in [-0.2, -0.15) is 5.26 Å². The molecule has 0 saturated heterocycles. The third kappa shape index (κ3) is 2.51. The predicted octanol–water partition coefficient (Wildman–Crippen LogP) is 2.25. The monoisotopic (exact) mass is 274 g/mol. The smallest absolute Gasteiger partial charge is 0.266 e. The molecule has 0 saturated carbocycles. The lowest BCUT2D eigenvalue weighted by atomic mass is 10.3. The molecule has 0 aliphatic heterocycles. The molecule has 2 N–H and O–H groups in total. The van der Waals surface area contributed by atoms with Gasteiger partial charge in [-0.3, -0.25) is 9.78 Å². The lowest BCUT2D eigenvalue weighted by Crippen LogP contribution is -2.31. The second-order valence-corrected chi connectivity index (χ2v) is 5.04. The Bertz CT molecular complexity index is 644. The van der Waals surface area contributed by atoms with Crippen LogP contribution >= 0.6 is 11.3 Å². The van der Waals surface area contributed by atoms with E-state index in [0.29, 0.717) is 35.6 Å². The largest absolute Gasteiger partial charge is 0.396 e. The second kappa shape index (κ2) is 5.67. The fraction of sp³-hybridized carbons (Fsp3) is 0.308. The summed E-state index contributed by atoms with van der Waals surface area (Å²) >= 11 is 1.35. The zero-order valence-electron chi connectivity index (χ0n) is 10.6. The molecule has 2 heterocycles. The summed E-state index contributed by atoms with van der Waals surface area (Å²) in [5, 5.41) is 8.61. The fourth-order valence-corrected chi connectivity index (χ4v) is 2.89. The predicted molar refractivity (Wildman–Crippen MR) is 75.8 cm³/mol. The number of nitrogens with zero attached hydrogens (tertiary/aromatic N) is 3. The van der Waals surface area contributed by atoms with Crippen molar-refractivity contribution >= 4 is 33.1 Å². The van der Waals surface area contributed by atoms with Gasteiger partial charge in [0.15, 0.2) is 0 Å². The lowest BCUT2D eigenvalue weighted by molar-refractivity contribution is 0.0773. The van der Waals surface area contributed by atoms with Gasteiger partial charge in [-0.05, 0) is 19.1 Å². The molecule has 0 bridgehead atoms. The van der Waals surface area contributed by atoms with E-state index in [2.05, 4.69) is 4.98 Å². The number of hydrogen-bond donors (Lipinski definition) is 1. The first kappa shape index (κ1) is 13.3. The van der Waals surface area contributed by atoms with E-state index in [-0.39, 0.29) is 5.91 Å². The zero-order chi connectivity index (χ0) is 13.8. The number of nitrogens with two attached hydrogens (primary N) is 1. The Morgan fingerprint density at radius 1 is 1.63 bits per heavy atom. The van der Waals surface area contributed by atoms with Crippen molar-refractivity contribution in [3.8, 4) is 6.07 Å². The standard InChI is InChI=1S/C13H14N4OS/c1-2-17(8-4-6-14)13(18)12-10(15)11-9(19-12)5-3-7-16-11/h3,5,7H,2,4,8,15H2,1H3. The summed E-state index contributed by atoms with van der Waals surface area (Å²) in [7, 11) is 0. The molecular formula is C13H14N4OS. The number of aromatic nitrogens is 1. The van der Waals surface area contributed by atoms with E-state index in [1.807, 2.05) is 25.1 Å². The van der Waals surface area contributed by atoms with E-state index >= 15 is 0 Å². The van der Waals surface area contributed by atoms with E-state index in [1.54, 1.807) is 11.1 Å². The molecule has 2 rings (SSSR count). The Labute approximate surface area is 115 Å². The Morgan fingerprint density at radius 2 is 2.42 bits per heavy atom. The van der Waals surface area contributed by atoms with Crippen molar-refractivity contribution in [3.63, 3.8) is 0 Å². The third-order valence-corrected chi connectivity index (χ3v) is 3.99. The van der Waals surface area contributed by atoms with Crippen LogP contribution in [0.2, 0.25) is 0 Å². The maximum absolute atomic E-state index is 12.4. The van der Waals surface area contributed by atoms with Crippen molar-refractivity contribution in [3.05, 3.63) is 23.2 Å². The molecule has 0 fully saturated rings. The topological polar surface area (TPSA) is 83.0 Å². The highest BCUT2D eigenvalue weighted by atomic mass is 32.1. The average molecular weight is 274 g/mol. The number of nitriles is 1. The minimum absolute atomic E-state index is 0.127. The van der Waals surface area contributed by atoms with Crippen LogP contribution in [0.25, 0.3) is 10.2 Å². The third-order valence-electron chi connectivity index (χ3n) is 2.84. The molecule has 0 spiro atoms. The molecule has 0 radical (unpaired) electrons. The van der Waals surface area contributed by atoms with Gasteiger partial charge in [0.25, 0.3) is 5.91 Å². The maximum Gasteiger partial charge on any atom is 0.266 e. The fourth-order valence-electron chi connectivity index (χ4n) is 1.84. The van der Waals surface area contributed by atoms with Crippen LogP contribution in [0.3, 0.4) is 0 Å². The zero-order valence-corrected chi connectivity index (χ0v) is 11.4. The molecule has 0 atom stereocenters. The number of carbonyl (C=O) groups is 1. The van der Waals surface area contributed by atoms with E-state index < -0.39 is 0 Å². The molecule has 6 heteroatoms. The first-order valence-electron chi connectivity index (χ1n) is 5.98. The summed E-state index contributed by atoms with van der Waals surface area (Å²) in [6.45, 7) is 2.87. The summed E-state index contributed by atoms with van der Waals surface area (Å²) in [5.41, 5.74) is 7.10. The quantitative estimate of drug-likeness (QED) is 0.926. The van der Waals surface area contributed by atoms with Crippen molar-refractivity contribution in [1.29, 1.82) is 5.26 Å². The Balaban J connectivity index is 2.35. The van der Waals surface area contributed by atoms with Crippen LogP contribution in [0.5, 0.6) is 0 Å². The molecule has 2 aromatic heterocycles. The Hall–Kier alpha value is -2.13. The molecule has 0 aromatic carbocycles. The molecule has 0 aliphatic carbocycles. The SMILES string of the molecule is CCN(CCC#N)C(=O)c1sc2cccnc2c1N. The number of thiophene rings is 1. The average Bonchev–Trinajstić information content (AvgIpc) is 2.77. The molecule has 19 heavy (non-hydrogen) atoms. The first-order valence-corrected chi connectivity index (χ1v) is 6.80. The van der Waals surface area contributed by atoms with Crippen LogP contribution in [0.15, 0.2) is 18.3 Å². The van der Waals surface area contributed by atoms with Gasteiger partial charge in [-0.15, -0.1) is 11.3 Å². The Morgan fingerprint density at radius 3 is 3.05 bits per heavy atom. The lowest BCUT2D eigenvalue weighted by Gasteiger charge is -2.18. The van der Waals surface area contributed by atoms with Crippen LogP contribution in [0.1, 0.15) is 23.0 Å². The molecule has 1 amide bonds. The van der Waals surface area contributed by atoms with Crippen molar-refractivity contribution in [2.45, 2.75) is 13.3 Å². The van der Waals surface area contributed by atoms with Crippen LogP contribution in [0, 0.1) is 11.3 Å². The number of carbonyl (C=O) groups excluding carboxylic acids is 1. The Kier molecular flexibility index (Phi) is 3.97. The summed E-state index contributed by atoms with van der Waals surface area (Å²) < 4.78 is 0.902. The van der Waals surface area contributed by atoms with E-state index in [4.69, 9.17) is 11.0 Å². The number of nitrogen functional groups attached to an aromatic ring is 1. The second-order valence-electron chi connectivity index (χ2n) is 3.99. The van der Waals surface area contributed by atoms with Crippen molar-refractivity contribution < 1.29 is 4.79 Å². The number of amides is 1. The highest BCUT2D eigenvalue weighted by Gasteiger charge is 2.21. The van der Waals surface area contributed by atoms with Crippen LogP contribution in [-0.4, -0.2) is 28.9 Å². The van der Waals surface area contributed by atoms with E-state index in [1.165, 1.54) is 11.3 Å². The maximum atomic E-state index is 12.4. The minimum atomic E-state index is -0.127. The van der Waals surface area contributed by atoms with Gasteiger partial charge in [-0.1, -0.05) is 0 Å². The van der Waals surface area contributed by atoms with Crippen molar-refractivity contribution in [1.82, 2.24) is 9.88 Å². The first-order chi connectivity index (χ1) is 9.19. The summed E-state index contributed by atoms with van der Waals surface area (Å²) in [6.07, 6.45) is 1.98. The van der Waals surface area contributed by atoms with Crippen molar-refractivity contribution in [2.75, 3.05) is 18.8 Å². The van der Waals surface area contributed by atoms with Crippen LogP contribution < -0.4 is 5.73 Å². The highest BCUT2D eigenvalue weighted by Crippen LogP contribution is 2.32. The van der Waals surface area contributed by atoms with Gasteiger partial charge in [-0.25, -0.2) is 0 Å². The van der Waals surface area contributed by atoms with Crippen LogP contribution in [-0.2, 0) is 0 Å². The molecule has 98 valence electrons. The van der Waals surface area contributed by atoms with Gasteiger partial charge in [0.1, 0.15) is 10.4 Å². The summed E-state index contributed by atoms with van der Waals surface area (Å²) in [5.74, 6) is -0.127. The molecule has 0 aliphatic rings. The van der Waals surface area contributed by atoms with E-state index in [9.17, 15) is 4.79 Å². The number of fused-ring (bicyclic) bond motifs is 1. The number of hydrogen-bond acceptors (Lipinski definition) is 5. The van der Waals surface area contributed by atoms with Gasteiger partial charge >= 0.3 is 0 Å². The number of pyridine rings is 1. The van der Waals surface area contributed by atoms with E-state index in [0.717, 1.165) is 4.70 Å². The molecular weight excluding hydrogens is 260 g/mol. The normalized spacial score (nSPS) is 10.3. The number of rotatable bonds is 4. The summed E-state index contributed by atoms with van der Waals surface area (Å²) in [4.78, 5) is 18.7. The molecule has 0 unspecified atom stereocenters. The van der Waals surface area contributed by atoms with Gasteiger partial charge in [0.05, 0.1) is 22.9 Å².